The summed E-state index contributed by atoms with van der Waals surface area (Å²) in [5.41, 5.74) is 0. The first-order valence-corrected chi connectivity index (χ1v) is 5.25. The maximum absolute atomic E-state index is 10.9. The van der Waals surface area contributed by atoms with E-state index < -0.39 is 0 Å². The van der Waals surface area contributed by atoms with Crippen LogP contribution in [0.25, 0.3) is 0 Å². The second kappa shape index (κ2) is 5.22. The molecular formula is C10H20N2O. The minimum absolute atomic E-state index is 0.181. The third kappa shape index (κ3) is 3.77. The molecule has 3 nitrogen and oxygen atoms in total. The second-order valence-corrected chi connectivity index (χ2v) is 3.92. The largest absolute Gasteiger partial charge is 0.354 e. The Labute approximate surface area is 80.3 Å². The number of amides is 1. The lowest BCUT2D eigenvalue weighted by Gasteiger charge is -2.17. The van der Waals surface area contributed by atoms with Crippen molar-refractivity contribution in [1.82, 2.24) is 10.6 Å². The molecule has 0 aromatic carbocycles. The van der Waals surface area contributed by atoms with Crippen LogP contribution in [0.5, 0.6) is 0 Å². The Hall–Kier alpha value is -0.570. The van der Waals surface area contributed by atoms with Gasteiger partial charge in [-0.3, -0.25) is 4.79 Å². The van der Waals surface area contributed by atoms with E-state index in [1.165, 1.54) is 19.3 Å². The smallest absolute Gasteiger partial charge is 0.221 e. The van der Waals surface area contributed by atoms with Crippen LogP contribution in [0.3, 0.4) is 0 Å². The van der Waals surface area contributed by atoms with Crippen molar-refractivity contribution in [3.63, 3.8) is 0 Å². The highest BCUT2D eigenvalue weighted by molar-refractivity contribution is 5.78. The molecule has 2 N–H and O–H groups in total. The first kappa shape index (κ1) is 10.5. The minimum Gasteiger partial charge on any atom is -0.354 e. The normalized spacial score (nSPS) is 24.5. The van der Waals surface area contributed by atoms with Crippen molar-refractivity contribution in [3.05, 3.63) is 0 Å². The first-order chi connectivity index (χ1) is 6.22. The van der Waals surface area contributed by atoms with E-state index in [4.69, 9.17) is 0 Å². The Morgan fingerprint density at radius 2 is 2.46 bits per heavy atom. The number of hydrogen-bond acceptors (Lipinski definition) is 2. The lowest BCUT2D eigenvalue weighted by molar-refractivity contribution is -0.119. The average Bonchev–Trinajstić information content (AvgIpc) is 2.48. The van der Waals surface area contributed by atoms with Gasteiger partial charge in [-0.1, -0.05) is 19.8 Å². The monoisotopic (exact) mass is 184 g/mol. The summed E-state index contributed by atoms with van der Waals surface area (Å²) >= 11 is 0. The average molecular weight is 184 g/mol. The van der Waals surface area contributed by atoms with E-state index in [1.807, 2.05) is 0 Å². The molecule has 2 unspecified atom stereocenters. The van der Waals surface area contributed by atoms with Crippen molar-refractivity contribution >= 4 is 5.91 Å². The van der Waals surface area contributed by atoms with E-state index in [0.29, 0.717) is 18.5 Å². The van der Waals surface area contributed by atoms with E-state index in [2.05, 4.69) is 24.5 Å². The van der Waals surface area contributed by atoms with Crippen LogP contribution in [0.15, 0.2) is 0 Å². The molecule has 1 amide bonds. The van der Waals surface area contributed by atoms with E-state index in [9.17, 15) is 4.79 Å². The summed E-state index contributed by atoms with van der Waals surface area (Å²) in [6.07, 6.45) is 4.37. The molecule has 76 valence electrons. The Morgan fingerprint density at radius 1 is 1.69 bits per heavy atom. The lowest BCUT2D eigenvalue weighted by atomic mass is 10.1. The highest BCUT2D eigenvalue weighted by atomic mass is 16.1. The quantitative estimate of drug-likeness (QED) is 0.670. The van der Waals surface area contributed by atoms with Gasteiger partial charge in [-0.15, -0.1) is 0 Å². The summed E-state index contributed by atoms with van der Waals surface area (Å²) in [4.78, 5) is 10.9. The molecule has 1 aliphatic rings. The fourth-order valence-corrected chi connectivity index (χ4v) is 1.72. The van der Waals surface area contributed by atoms with E-state index in [0.717, 1.165) is 6.54 Å². The molecule has 2 atom stereocenters. The molecule has 1 fully saturated rings. The van der Waals surface area contributed by atoms with Crippen LogP contribution in [0.4, 0.5) is 0 Å². The van der Waals surface area contributed by atoms with Crippen molar-refractivity contribution in [2.24, 2.45) is 0 Å². The van der Waals surface area contributed by atoms with Crippen LogP contribution in [0.1, 0.15) is 39.5 Å². The van der Waals surface area contributed by atoms with Gasteiger partial charge >= 0.3 is 0 Å². The fourth-order valence-electron chi connectivity index (χ4n) is 1.72. The second-order valence-electron chi connectivity index (χ2n) is 3.92. The number of rotatable bonds is 5. The van der Waals surface area contributed by atoms with Crippen LogP contribution in [-0.2, 0) is 4.79 Å². The molecule has 1 rings (SSSR count). The first-order valence-electron chi connectivity index (χ1n) is 5.25. The third-order valence-electron chi connectivity index (χ3n) is 2.49. The molecule has 0 aromatic heterocycles. The van der Waals surface area contributed by atoms with Gasteiger partial charge in [0.15, 0.2) is 0 Å². The summed E-state index contributed by atoms with van der Waals surface area (Å²) in [5, 5.41) is 6.29. The zero-order valence-corrected chi connectivity index (χ0v) is 8.60. The Bertz CT molecular complexity index is 170. The van der Waals surface area contributed by atoms with Gasteiger partial charge in [0.25, 0.3) is 0 Å². The van der Waals surface area contributed by atoms with Crippen LogP contribution < -0.4 is 10.6 Å². The number of carbonyl (C=O) groups excluding carboxylic acids is 1. The molecular weight excluding hydrogens is 164 g/mol. The van der Waals surface area contributed by atoms with Crippen molar-refractivity contribution < 1.29 is 4.79 Å². The maximum atomic E-state index is 10.9. The topological polar surface area (TPSA) is 41.1 Å². The minimum atomic E-state index is 0.181. The van der Waals surface area contributed by atoms with Gasteiger partial charge in [0, 0.05) is 25.0 Å². The lowest BCUT2D eigenvalue weighted by Crippen LogP contribution is -2.37. The van der Waals surface area contributed by atoms with Gasteiger partial charge < -0.3 is 10.6 Å². The summed E-state index contributed by atoms with van der Waals surface area (Å²) < 4.78 is 0. The Morgan fingerprint density at radius 3 is 3.00 bits per heavy atom. The van der Waals surface area contributed by atoms with Gasteiger partial charge in [0.2, 0.25) is 5.91 Å². The summed E-state index contributed by atoms with van der Waals surface area (Å²) in [7, 11) is 0. The van der Waals surface area contributed by atoms with Gasteiger partial charge in [0.05, 0.1) is 0 Å². The molecule has 0 bridgehead atoms. The molecule has 1 heterocycles. The van der Waals surface area contributed by atoms with Crippen LogP contribution in [0, 0.1) is 0 Å². The molecule has 0 aliphatic carbocycles. The fraction of sp³-hybridized carbons (Fsp3) is 0.900. The highest BCUT2D eigenvalue weighted by Gasteiger charge is 2.21. The molecule has 0 spiro atoms. The highest BCUT2D eigenvalue weighted by Crippen LogP contribution is 2.04. The maximum Gasteiger partial charge on any atom is 0.221 e. The zero-order chi connectivity index (χ0) is 9.68. The number of nitrogens with one attached hydrogen (secondary N) is 2. The molecule has 0 radical (unpaired) electrons. The molecule has 1 saturated heterocycles. The van der Waals surface area contributed by atoms with E-state index in [-0.39, 0.29) is 5.91 Å². The third-order valence-corrected chi connectivity index (χ3v) is 2.49. The zero-order valence-electron chi connectivity index (χ0n) is 8.60. The predicted octanol–water partition coefficient (Wildman–Crippen LogP) is 1.04. The van der Waals surface area contributed by atoms with Crippen LogP contribution in [-0.4, -0.2) is 24.5 Å². The molecule has 13 heavy (non-hydrogen) atoms. The SMILES string of the molecule is CCCCC(C)NC1CNC(=O)C1. The molecule has 1 aliphatic heterocycles. The number of hydrogen-bond donors (Lipinski definition) is 2. The van der Waals surface area contributed by atoms with Crippen molar-refractivity contribution in [2.45, 2.75) is 51.6 Å². The number of carbonyl (C=O) groups is 1. The van der Waals surface area contributed by atoms with Gasteiger partial charge in [-0.05, 0) is 13.3 Å². The van der Waals surface area contributed by atoms with Gasteiger partial charge in [-0.25, -0.2) is 0 Å². The van der Waals surface area contributed by atoms with Crippen molar-refractivity contribution in [1.29, 1.82) is 0 Å². The van der Waals surface area contributed by atoms with Gasteiger partial charge in [0.1, 0.15) is 0 Å². The summed E-state index contributed by atoms with van der Waals surface area (Å²) in [6, 6.07) is 0.900. The molecule has 3 heteroatoms. The van der Waals surface area contributed by atoms with Crippen LogP contribution >= 0.6 is 0 Å². The molecule has 0 aromatic rings. The standard InChI is InChI=1S/C10H20N2O/c1-3-4-5-8(2)12-9-6-10(13)11-7-9/h8-9,12H,3-7H2,1-2H3,(H,11,13). The summed E-state index contributed by atoms with van der Waals surface area (Å²) in [5.74, 6) is 0.181. The number of unbranched alkanes of at least 4 members (excludes halogenated alkanes) is 1. The predicted molar refractivity (Wildman–Crippen MR) is 53.5 cm³/mol. The van der Waals surface area contributed by atoms with E-state index in [1.54, 1.807) is 0 Å². The Kier molecular flexibility index (Phi) is 4.22. The molecule has 0 saturated carbocycles. The van der Waals surface area contributed by atoms with Crippen LogP contribution in [0.2, 0.25) is 0 Å². The van der Waals surface area contributed by atoms with Crippen molar-refractivity contribution in [2.75, 3.05) is 6.54 Å². The summed E-state index contributed by atoms with van der Waals surface area (Å²) in [6.45, 7) is 5.20. The van der Waals surface area contributed by atoms with Crippen molar-refractivity contribution in [3.8, 4) is 0 Å². The Balaban J connectivity index is 2.13. The van der Waals surface area contributed by atoms with Gasteiger partial charge in [-0.2, -0.15) is 0 Å². The van der Waals surface area contributed by atoms with E-state index >= 15 is 0 Å².